The highest BCUT2D eigenvalue weighted by atomic mass is 16.2. The topological polar surface area (TPSA) is 65.5 Å². The average molecular weight is 373 g/mol. The summed E-state index contributed by atoms with van der Waals surface area (Å²) < 4.78 is 0. The van der Waals surface area contributed by atoms with Crippen molar-refractivity contribution in [3.05, 3.63) is 30.1 Å². The van der Waals surface area contributed by atoms with Crippen LogP contribution in [-0.4, -0.2) is 58.9 Å². The number of aromatic nitrogens is 1. The number of urea groups is 1. The van der Waals surface area contributed by atoms with Crippen LogP contribution in [0.5, 0.6) is 0 Å². The van der Waals surface area contributed by atoms with E-state index in [1.54, 1.807) is 12.4 Å². The summed E-state index contributed by atoms with van der Waals surface area (Å²) in [5, 5.41) is 3.06. The summed E-state index contributed by atoms with van der Waals surface area (Å²) in [5.41, 5.74) is 1.40. The van der Waals surface area contributed by atoms with E-state index in [2.05, 4.69) is 17.2 Å². The van der Waals surface area contributed by atoms with Crippen LogP contribution in [0, 0.1) is 5.41 Å². The van der Waals surface area contributed by atoms with E-state index in [1.165, 1.54) is 5.56 Å². The second-order valence-electron chi connectivity index (χ2n) is 8.17. The van der Waals surface area contributed by atoms with Crippen LogP contribution < -0.4 is 5.32 Å². The smallest absolute Gasteiger partial charge is 0.317 e. The first-order chi connectivity index (χ1) is 13.0. The van der Waals surface area contributed by atoms with Gasteiger partial charge in [-0.3, -0.25) is 9.78 Å². The molecular weight excluding hydrogens is 340 g/mol. The van der Waals surface area contributed by atoms with Gasteiger partial charge in [-0.05, 0) is 62.1 Å². The van der Waals surface area contributed by atoms with Crippen LogP contribution in [0.2, 0.25) is 0 Å². The molecule has 2 saturated heterocycles. The Balaban J connectivity index is 1.53. The van der Waals surface area contributed by atoms with E-state index in [4.69, 9.17) is 0 Å². The molecule has 0 aliphatic carbocycles. The van der Waals surface area contributed by atoms with Crippen molar-refractivity contribution in [2.24, 2.45) is 5.41 Å². The lowest BCUT2D eigenvalue weighted by atomic mass is 9.72. The van der Waals surface area contributed by atoms with E-state index in [-0.39, 0.29) is 23.4 Å². The third kappa shape index (κ3) is 4.99. The third-order valence-electron chi connectivity index (χ3n) is 6.26. The van der Waals surface area contributed by atoms with Crippen molar-refractivity contribution in [3.8, 4) is 0 Å². The molecule has 0 aromatic carbocycles. The van der Waals surface area contributed by atoms with E-state index in [0.29, 0.717) is 6.42 Å². The number of rotatable bonds is 5. The maximum Gasteiger partial charge on any atom is 0.317 e. The monoisotopic (exact) mass is 372 g/mol. The average Bonchev–Trinajstić information content (AvgIpc) is 2.70. The molecule has 1 atom stereocenters. The van der Waals surface area contributed by atoms with Crippen LogP contribution in [0.1, 0.15) is 51.5 Å². The Labute approximate surface area is 162 Å². The lowest BCUT2D eigenvalue weighted by molar-refractivity contribution is -0.138. The molecule has 148 valence electrons. The second kappa shape index (κ2) is 8.72. The Kier molecular flexibility index (Phi) is 6.34. The number of carbonyl (C=O) groups excluding carboxylic acids is 2. The van der Waals surface area contributed by atoms with Gasteiger partial charge in [0.25, 0.3) is 0 Å². The quantitative estimate of drug-likeness (QED) is 0.864. The predicted molar refractivity (Wildman–Crippen MR) is 105 cm³/mol. The molecule has 2 aliphatic heterocycles. The van der Waals surface area contributed by atoms with Gasteiger partial charge in [0.15, 0.2) is 0 Å². The molecule has 1 N–H and O–H groups in total. The number of likely N-dealkylation sites (tertiary alicyclic amines) is 2. The normalized spacial score (nSPS) is 20.6. The molecule has 0 saturated carbocycles. The minimum atomic E-state index is 0.0561. The Hall–Kier alpha value is -2.11. The van der Waals surface area contributed by atoms with E-state index in [9.17, 15) is 9.59 Å². The molecule has 1 spiro atoms. The van der Waals surface area contributed by atoms with Crippen molar-refractivity contribution < 1.29 is 9.59 Å². The van der Waals surface area contributed by atoms with E-state index in [1.807, 2.05) is 28.9 Å². The van der Waals surface area contributed by atoms with Gasteiger partial charge in [0.1, 0.15) is 0 Å². The summed E-state index contributed by atoms with van der Waals surface area (Å²) in [6.07, 6.45) is 8.98. The first-order valence-corrected chi connectivity index (χ1v) is 10.2. The van der Waals surface area contributed by atoms with Crippen LogP contribution in [0.3, 0.4) is 0 Å². The molecule has 27 heavy (non-hydrogen) atoms. The Bertz CT molecular complexity index is 641. The Morgan fingerprint density at radius 3 is 2.63 bits per heavy atom. The van der Waals surface area contributed by atoms with Crippen molar-refractivity contribution in [1.29, 1.82) is 0 Å². The summed E-state index contributed by atoms with van der Waals surface area (Å²) in [7, 11) is 0. The fourth-order valence-corrected chi connectivity index (χ4v) is 4.12. The summed E-state index contributed by atoms with van der Waals surface area (Å²) >= 11 is 0. The largest absolute Gasteiger partial charge is 0.342 e. The zero-order valence-corrected chi connectivity index (χ0v) is 16.6. The van der Waals surface area contributed by atoms with Crippen LogP contribution >= 0.6 is 0 Å². The first-order valence-electron chi connectivity index (χ1n) is 10.2. The highest BCUT2D eigenvalue weighted by molar-refractivity contribution is 5.77. The van der Waals surface area contributed by atoms with Gasteiger partial charge in [-0.25, -0.2) is 4.79 Å². The molecule has 3 heterocycles. The zero-order chi connectivity index (χ0) is 19.3. The van der Waals surface area contributed by atoms with Gasteiger partial charge in [0.05, 0.1) is 0 Å². The lowest BCUT2D eigenvalue weighted by Crippen LogP contribution is -2.54. The Morgan fingerprint density at radius 1 is 1.26 bits per heavy atom. The minimum Gasteiger partial charge on any atom is -0.342 e. The Morgan fingerprint density at radius 2 is 1.96 bits per heavy atom. The highest BCUT2D eigenvalue weighted by Crippen LogP contribution is 2.40. The highest BCUT2D eigenvalue weighted by Gasteiger charge is 2.41. The molecule has 3 amide bonds. The van der Waals surface area contributed by atoms with Crippen molar-refractivity contribution in [1.82, 2.24) is 20.1 Å². The van der Waals surface area contributed by atoms with Gasteiger partial charge >= 0.3 is 6.03 Å². The number of hydrogen-bond donors (Lipinski definition) is 1. The van der Waals surface area contributed by atoms with Gasteiger partial charge < -0.3 is 15.1 Å². The minimum absolute atomic E-state index is 0.0561. The molecule has 6 heteroatoms. The molecule has 1 aromatic rings. The maximum atomic E-state index is 12.4. The standard InChI is InChI=1S/C21H32N4O2/c1-3-17(2)23-20(27)24-14-9-21(10-15-24)8-4-19(26)25(16-21)13-7-18-5-11-22-12-6-18/h5-6,11-12,17H,3-4,7-10,13-16H2,1-2H3,(H,23,27)/t17-/m1/s1. The summed E-state index contributed by atoms with van der Waals surface area (Å²) in [5.74, 6) is 0.270. The molecule has 0 radical (unpaired) electrons. The number of piperidine rings is 2. The SMILES string of the molecule is CC[C@@H](C)NC(=O)N1CCC2(CCC(=O)N(CCc3ccncc3)C2)CC1. The number of nitrogens with zero attached hydrogens (tertiary/aromatic N) is 3. The van der Waals surface area contributed by atoms with Gasteiger partial charge in [0, 0.05) is 51.0 Å². The van der Waals surface area contributed by atoms with Gasteiger partial charge in [-0.15, -0.1) is 0 Å². The van der Waals surface area contributed by atoms with Crippen molar-refractivity contribution in [2.45, 2.75) is 58.4 Å². The number of carbonyl (C=O) groups is 2. The number of nitrogens with one attached hydrogen (secondary N) is 1. The van der Waals surface area contributed by atoms with Crippen LogP contribution in [-0.2, 0) is 11.2 Å². The van der Waals surface area contributed by atoms with Gasteiger partial charge in [-0.2, -0.15) is 0 Å². The van der Waals surface area contributed by atoms with E-state index < -0.39 is 0 Å². The molecule has 1 aromatic heterocycles. The maximum absolute atomic E-state index is 12.4. The van der Waals surface area contributed by atoms with Crippen LogP contribution in [0.4, 0.5) is 4.79 Å². The fourth-order valence-electron chi connectivity index (χ4n) is 4.12. The first kappa shape index (κ1) is 19.6. The van der Waals surface area contributed by atoms with Gasteiger partial charge in [-0.1, -0.05) is 6.92 Å². The fraction of sp³-hybridized carbons (Fsp3) is 0.667. The van der Waals surface area contributed by atoms with Crippen LogP contribution in [0.25, 0.3) is 0 Å². The van der Waals surface area contributed by atoms with Crippen molar-refractivity contribution in [2.75, 3.05) is 26.2 Å². The van der Waals surface area contributed by atoms with Crippen LogP contribution in [0.15, 0.2) is 24.5 Å². The molecular formula is C21H32N4O2. The van der Waals surface area contributed by atoms with E-state index >= 15 is 0 Å². The predicted octanol–water partition coefficient (Wildman–Crippen LogP) is 2.84. The molecule has 2 fully saturated rings. The molecule has 0 unspecified atom stereocenters. The van der Waals surface area contributed by atoms with E-state index in [0.717, 1.165) is 58.3 Å². The summed E-state index contributed by atoms with van der Waals surface area (Å²) in [6, 6.07) is 4.29. The molecule has 2 aliphatic rings. The summed E-state index contributed by atoms with van der Waals surface area (Å²) in [4.78, 5) is 32.8. The van der Waals surface area contributed by atoms with Gasteiger partial charge in [0.2, 0.25) is 5.91 Å². The lowest BCUT2D eigenvalue weighted by Gasteiger charge is -2.47. The summed E-state index contributed by atoms with van der Waals surface area (Å²) in [6.45, 7) is 7.29. The third-order valence-corrected chi connectivity index (χ3v) is 6.26. The number of amides is 3. The number of pyridine rings is 1. The number of hydrogen-bond acceptors (Lipinski definition) is 3. The molecule has 6 nitrogen and oxygen atoms in total. The zero-order valence-electron chi connectivity index (χ0n) is 16.6. The van der Waals surface area contributed by atoms with Crippen molar-refractivity contribution in [3.63, 3.8) is 0 Å². The second-order valence-corrected chi connectivity index (χ2v) is 8.17. The molecule has 0 bridgehead atoms. The molecule has 3 rings (SSSR count). The van der Waals surface area contributed by atoms with Crippen molar-refractivity contribution >= 4 is 11.9 Å².